The van der Waals surface area contributed by atoms with E-state index in [1.165, 1.54) is 28.6 Å². The van der Waals surface area contributed by atoms with Crippen molar-refractivity contribution in [2.45, 2.75) is 56.4 Å². The maximum atomic E-state index is 13.4. The van der Waals surface area contributed by atoms with Crippen molar-refractivity contribution >= 4 is 60.1 Å². The third kappa shape index (κ3) is 7.33. The number of halogens is 2. The molecule has 0 atom stereocenters. The zero-order valence-corrected chi connectivity index (χ0v) is 28.4. The Hall–Kier alpha value is -3.09. The number of amides is 1. The smallest absolute Gasteiger partial charge is 0.281 e. The summed E-state index contributed by atoms with van der Waals surface area (Å²) >= 11 is 12.5. The number of aryl methyl sites for hydroxylation is 3. The summed E-state index contributed by atoms with van der Waals surface area (Å²) in [5.74, 6) is 0.317. The van der Waals surface area contributed by atoms with Gasteiger partial charge < -0.3 is 9.30 Å². The van der Waals surface area contributed by atoms with Gasteiger partial charge in [-0.2, -0.15) is 4.31 Å². The maximum Gasteiger partial charge on any atom is 0.281 e. The summed E-state index contributed by atoms with van der Waals surface area (Å²) in [5, 5.41) is 1.85. The maximum absolute atomic E-state index is 13.4. The van der Waals surface area contributed by atoms with Gasteiger partial charge in [0.2, 0.25) is 10.0 Å². The lowest BCUT2D eigenvalue weighted by Crippen LogP contribution is -2.37. The Kier molecular flexibility index (Phi) is 9.86. The van der Waals surface area contributed by atoms with Crippen LogP contribution in [0.15, 0.2) is 70.5 Å². The molecule has 9 nitrogen and oxygen atoms in total. The molecule has 1 saturated heterocycles. The van der Waals surface area contributed by atoms with Crippen LogP contribution in [0.3, 0.4) is 0 Å². The van der Waals surface area contributed by atoms with Gasteiger partial charge in [-0.15, -0.1) is 0 Å². The van der Waals surface area contributed by atoms with Crippen molar-refractivity contribution in [3.63, 3.8) is 0 Å². The van der Waals surface area contributed by atoms with Crippen molar-refractivity contribution in [2.75, 3.05) is 19.7 Å². The van der Waals surface area contributed by atoms with Crippen LogP contribution in [0, 0.1) is 19.8 Å². The number of rotatable bonds is 10. The van der Waals surface area contributed by atoms with Crippen molar-refractivity contribution < 1.29 is 26.4 Å². The Morgan fingerprint density at radius 3 is 2.18 bits per heavy atom. The van der Waals surface area contributed by atoms with Gasteiger partial charge >= 0.3 is 0 Å². The Balaban J connectivity index is 1.32. The van der Waals surface area contributed by atoms with E-state index in [1.54, 1.807) is 28.8 Å². The molecule has 1 amide bonds. The van der Waals surface area contributed by atoms with Crippen LogP contribution in [-0.4, -0.2) is 51.3 Å². The van der Waals surface area contributed by atoms with Crippen LogP contribution in [0.4, 0.5) is 0 Å². The van der Waals surface area contributed by atoms with Crippen LogP contribution < -0.4 is 9.46 Å². The molecule has 1 aliphatic heterocycles. The highest BCUT2D eigenvalue weighted by molar-refractivity contribution is 7.90. The number of carbonyl (C=O) groups excluding carboxylic acids is 1. The molecule has 1 aromatic heterocycles. The fraction of sp³-hybridized carbons (Fsp3) is 0.344. The van der Waals surface area contributed by atoms with Crippen molar-refractivity contribution in [1.82, 2.24) is 13.6 Å². The highest BCUT2D eigenvalue weighted by atomic mass is 35.5. The number of sulfonamides is 2. The summed E-state index contributed by atoms with van der Waals surface area (Å²) in [6.45, 7) is 7.46. The van der Waals surface area contributed by atoms with Gasteiger partial charge in [-0.25, -0.2) is 21.6 Å². The number of hydrogen-bond acceptors (Lipinski definition) is 6. The lowest BCUT2D eigenvalue weighted by molar-refractivity contribution is 0.0972. The minimum atomic E-state index is -4.32. The molecule has 2 heterocycles. The average molecular weight is 693 g/mol. The second kappa shape index (κ2) is 13.3. The van der Waals surface area contributed by atoms with Crippen molar-refractivity contribution in [3.8, 4) is 5.75 Å². The zero-order chi connectivity index (χ0) is 32.5. The van der Waals surface area contributed by atoms with E-state index in [-0.39, 0.29) is 15.5 Å². The molecule has 3 aromatic carbocycles. The summed E-state index contributed by atoms with van der Waals surface area (Å²) in [4.78, 5) is 13.2. The molecule has 1 aliphatic rings. The van der Waals surface area contributed by atoms with Crippen LogP contribution in [0.2, 0.25) is 10.0 Å². The van der Waals surface area contributed by atoms with Crippen LogP contribution in [0.5, 0.6) is 5.75 Å². The van der Waals surface area contributed by atoms with Gasteiger partial charge in [0, 0.05) is 40.6 Å². The van der Waals surface area contributed by atoms with E-state index in [4.69, 9.17) is 27.9 Å². The molecule has 13 heteroatoms. The van der Waals surface area contributed by atoms with E-state index >= 15 is 0 Å². The highest BCUT2D eigenvalue weighted by Gasteiger charge is 2.29. The van der Waals surface area contributed by atoms with Gasteiger partial charge in [-0.3, -0.25) is 4.79 Å². The molecule has 0 radical (unpaired) electrons. The number of benzene rings is 3. The lowest BCUT2D eigenvalue weighted by atomic mass is 10.0. The van der Waals surface area contributed by atoms with E-state index in [0.29, 0.717) is 65.3 Å². The predicted octanol–water partition coefficient (Wildman–Crippen LogP) is 6.57. The van der Waals surface area contributed by atoms with Gasteiger partial charge in [-0.05, 0) is 111 Å². The number of fused-ring (bicyclic) bond motifs is 1. The summed E-state index contributed by atoms with van der Waals surface area (Å²) in [6.07, 6.45) is 2.07. The molecule has 0 bridgehead atoms. The van der Waals surface area contributed by atoms with E-state index in [2.05, 4.69) is 11.6 Å². The fourth-order valence-electron chi connectivity index (χ4n) is 5.47. The lowest BCUT2D eigenvalue weighted by Gasteiger charge is -2.29. The molecule has 45 heavy (non-hydrogen) atoms. The average Bonchev–Trinajstić information content (AvgIpc) is 3.35. The monoisotopic (exact) mass is 691 g/mol. The Labute approximate surface area is 274 Å². The summed E-state index contributed by atoms with van der Waals surface area (Å²) in [7, 11) is -8.07. The molecule has 5 rings (SSSR count). The minimum absolute atomic E-state index is 0.00507. The number of hydrogen-bond donors (Lipinski definition) is 1. The van der Waals surface area contributed by atoms with E-state index in [9.17, 15) is 21.6 Å². The second-order valence-electron chi connectivity index (χ2n) is 11.5. The number of nitrogens with one attached hydrogen (secondary N) is 1. The molecule has 0 unspecified atom stereocenters. The van der Waals surface area contributed by atoms with E-state index in [0.717, 1.165) is 24.0 Å². The van der Waals surface area contributed by atoms with Gasteiger partial charge in [0.05, 0.1) is 16.4 Å². The predicted molar refractivity (Wildman–Crippen MR) is 176 cm³/mol. The van der Waals surface area contributed by atoms with Gasteiger partial charge in [0.25, 0.3) is 15.9 Å². The first-order valence-corrected chi connectivity index (χ1v) is 18.3. The van der Waals surface area contributed by atoms with Crippen LogP contribution in [0.25, 0.3) is 10.9 Å². The number of nitrogens with zero attached hydrogens (tertiary/aromatic N) is 2. The molecule has 1 N–H and O–H groups in total. The molecule has 1 fully saturated rings. The van der Waals surface area contributed by atoms with Crippen molar-refractivity contribution in [2.24, 2.45) is 5.92 Å². The van der Waals surface area contributed by atoms with Gasteiger partial charge in [0.1, 0.15) is 11.4 Å². The molecular formula is C32H35Cl2N3O6S2. The normalized spacial score (nSPS) is 15.0. The number of ether oxygens (including phenoxy) is 1. The van der Waals surface area contributed by atoms with Crippen LogP contribution in [0.1, 0.15) is 47.8 Å². The van der Waals surface area contributed by atoms with Crippen molar-refractivity contribution in [3.05, 3.63) is 87.5 Å². The number of carbonyl (C=O) groups is 1. The molecule has 4 aromatic rings. The molecule has 0 spiro atoms. The van der Waals surface area contributed by atoms with Crippen LogP contribution in [-0.2, 0) is 26.6 Å². The van der Waals surface area contributed by atoms with Crippen LogP contribution >= 0.6 is 23.2 Å². The van der Waals surface area contributed by atoms with Gasteiger partial charge in [0.15, 0.2) is 0 Å². The van der Waals surface area contributed by atoms with Crippen molar-refractivity contribution in [1.29, 1.82) is 0 Å². The largest absolute Gasteiger partial charge is 0.494 e. The quantitative estimate of drug-likeness (QED) is 0.188. The SMILES string of the molecule is Cc1cc(OCCCn2c(C(=O)NS(=O)(=O)c3ccc(S(=O)(=O)N4CCC(C)CC4)cc3)cc3cc(Cl)ccc32)cc(C)c1Cl. The highest BCUT2D eigenvalue weighted by Crippen LogP contribution is 2.28. The molecule has 0 aliphatic carbocycles. The summed E-state index contributed by atoms with van der Waals surface area (Å²) in [5.41, 5.74) is 2.66. The fourth-order valence-corrected chi connectivity index (χ4v) is 8.19. The molecule has 0 saturated carbocycles. The number of piperidine rings is 1. The van der Waals surface area contributed by atoms with E-state index in [1.807, 2.05) is 26.0 Å². The second-order valence-corrected chi connectivity index (χ2v) is 15.9. The summed E-state index contributed by atoms with van der Waals surface area (Å²) < 4.78 is 63.9. The summed E-state index contributed by atoms with van der Waals surface area (Å²) in [6, 6.07) is 15.4. The first kappa shape index (κ1) is 33.3. The Morgan fingerprint density at radius 2 is 1.53 bits per heavy atom. The molecular weight excluding hydrogens is 657 g/mol. The Morgan fingerprint density at radius 1 is 0.911 bits per heavy atom. The Bertz CT molecular complexity index is 1930. The topological polar surface area (TPSA) is 115 Å². The first-order valence-electron chi connectivity index (χ1n) is 14.6. The minimum Gasteiger partial charge on any atom is -0.494 e. The van der Waals surface area contributed by atoms with E-state index < -0.39 is 26.0 Å². The number of aromatic nitrogens is 1. The zero-order valence-electron chi connectivity index (χ0n) is 25.2. The molecule has 240 valence electrons. The first-order chi connectivity index (χ1) is 21.3. The van der Waals surface area contributed by atoms with Gasteiger partial charge in [-0.1, -0.05) is 30.1 Å². The third-order valence-corrected chi connectivity index (χ3v) is 12.1. The third-order valence-electron chi connectivity index (χ3n) is 8.04. The standard InChI is InChI=1S/C32H35Cl2N3O6S2/c1-21-11-14-36(15-12-21)45(41,42)28-8-6-27(7-9-28)44(39,40)35-32(38)30-20-24-19-25(33)5-10-29(24)37(30)13-4-16-43-26-17-22(2)31(34)23(3)18-26/h5-10,17-21H,4,11-16H2,1-3H3,(H,35,38).